The van der Waals surface area contributed by atoms with Gasteiger partial charge in [0.15, 0.2) is 5.15 Å². The van der Waals surface area contributed by atoms with E-state index in [9.17, 15) is 0 Å². The van der Waals surface area contributed by atoms with Crippen LogP contribution >= 0.6 is 23.2 Å². The third-order valence-electron chi connectivity index (χ3n) is 6.49. The molecule has 176 valence electrons. The third kappa shape index (κ3) is 4.49. The van der Waals surface area contributed by atoms with Gasteiger partial charge in [-0.3, -0.25) is 4.90 Å². The summed E-state index contributed by atoms with van der Waals surface area (Å²) >= 11 is 13.1. The quantitative estimate of drug-likeness (QED) is 0.496. The molecular weight excluding hydrogens is 461 g/mol. The second-order valence-electron chi connectivity index (χ2n) is 9.51. The molecule has 2 saturated heterocycles. The summed E-state index contributed by atoms with van der Waals surface area (Å²) in [6.07, 6.45) is 5.52. The van der Waals surface area contributed by atoms with Gasteiger partial charge in [0.2, 0.25) is 5.95 Å². The first kappa shape index (κ1) is 22.7. The van der Waals surface area contributed by atoms with E-state index in [1.165, 1.54) is 0 Å². The van der Waals surface area contributed by atoms with Crippen LogP contribution in [0.25, 0.3) is 10.9 Å². The van der Waals surface area contributed by atoms with Crippen LogP contribution in [-0.4, -0.2) is 62.5 Å². The van der Waals surface area contributed by atoms with Crippen LogP contribution in [0.5, 0.6) is 0 Å². The maximum absolute atomic E-state index is 6.72. The lowest BCUT2D eigenvalue weighted by molar-refractivity contribution is -0.137. The van der Waals surface area contributed by atoms with Gasteiger partial charge in [0.1, 0.15) is 0 Å². The fraction of sp³-hybridized carbons (Fsp3) is 0.522. The Labute approximate surface area is 203 Å². The molecule has 0 radical (unpaired) electrons. The molecule has 5 rings (SSSR count). The smallest absolute Gasteiger partial charge is 0.227 e. The van der Waals surface area contributed by atoms with E-state index in [-0.39, 0.29) is 17.6 Å². The Morgan fingerprint density at radius 1 is 1.12 bits per heavy atom. The number of rotatable bonds is 6. The normalized spacial score (nSPS) is 19.1. The molecule has 2 aromatic heterocycles. The zero-order valence-electron chi connectivity index (χ0n) is 19.1. The van der Waals surface area contributed by atoms with Crippen molar-refractivity contribution in [3.8, 4) is 0 Å². The first-order chi connectivity index (χ1) is 15.8. The highest BCUT2D eigenvalue weighted by Crippen LogP contribution is 2.35. The molecule has 2 aliphatic heterocycles. The minimum atomic E-state index is 0.188. The van der Waals surface area contributed by atoms with Crippen molar-refractivity contribution < 1.29 is 4.74 Å². The Kier molecular flexibility index (Phi) is 6.11. The minimum absolute atomic E-state index is 0.188. The van der Waals surface area contributed by atoms with Crippen molar-refractivity contribution in [2.45, 2.75) is 51.2 Å². The van der Waals surface area contributed by atoms with Crippen LogP contribution in [0.3, 0.4) is 0 Å². The van der Waals surface area contributed by atoms with Gasteiger partial charge in [0.25, 0.3) is 0 Å². The van der Waals surface area contributed by atoms with Gasteiger partial charge in [-0.05, 0) is 45.7 Å². The van der Waals surface area contributed by atoms with Crippen molar-refractivity contribution in [3.05, 3.63) is 34.7 Å². The van der Waals surface area contributed by atoms with Crippen molar-refractivity contribution in [1.82, 2.24) is 24.6 Å². The average Bonchev–Trinajstić information content (AvgIpc) is 3.12. The summed E-state index contributed by atoms with van der Waals surface area (Å²) in [5.74, 6) is 0.467. The molecule has 0 bridgehead atoms. The topological polar surface area (TPSA) is 80.1 Å². The Balaban J connectivity index is 1.30. The number of halogens is 2. The molecule has 0 spiro atoms. The number of hydrogen-bond donors (Lipinski definition) is 2. The Bertz CT molecular complexity index is 1150. The number of hydrogen-bond acceptors (Lipinski definition) is 7. The molecular formula is C23H29Cl2N7O. The van der Waals surface area contributed by atoms with Crippen LogP contribution in [0.2, 0.25) is 10.2 Å². The van der Waals surface area contributed by atoms with E-state index in [0.717, 1.165) is 55.7 Å². The van der Waals surface area contributed by atoms with Gasteiger partial charge in [-0.25, -0.2) is 14.6 Å². The van der Waals surface area contributed by atoms with Gasteiger partial charge in [-0.15, -0.1) is 0 Å². The maximum atomic E-state index is 6.72. The predicted octanol–water partition coefficient (Wildman–Crippen LogP) is 5.12. The molecule has 2 fully saturated rings. The van der Waals surface area contributed by atoms with Crippen molar-refractivity contribution >= 4 is 51.4 Å². The summed E-state index contributed by atoms with van der Waals surface area (Å²) in [5.41, 5.74) is 2.54. The SMILES string of the molecule is CC(C)Nc1cc2nc(Nc3cnn(C4CCN(C5(C)COC5)CC4)c3Cl)ncc2cc1Cl. The lowest BCUT2D eigenvalue weighted by Gasteiger charge is -2.49. The molecule has 8 nitrogen and oxygen atoms in total. The number of piperidine rings is 1. The zero-order chi connectivity index (χ0) is 23.2. The number of aromatic nitrogens is 4. The summed E-state index contributed by atoms with van der Waals surface area (Å²) in [4.78, 5) is 11.6. The van der Waals surface area contributed by atoms with E-state index < -0.39 is 0 Å². The van der Waals surface area contributed by atoms with E-state index in [1.54, 1.807) is 12.4 Å². The summed E-state index contributed by atoms with van der Waals surface area (Å²) in [6, 6.07) is 4.36. The molecule has 2 N–H and O–H groups in total. The number of ether oxygens (including phenoxy) is 1. The standard InChI is InChI=1S/C23H29Cl2N7O/c1-14(2)28-19-9-18-15(8-17(19)24)10-26-22(29-18)30-20-11-27-32(21(20)25)16-4-6-31(7-5-16)23(3)12-33-13-23/h8-11,14,16,28H,4-7,12-13H2,1-3H3,(H,26,29,30). The lowest BCUT2D eigenvalue weighted by Crippen LogP contribution is -2.61. The minimum Gasteiger partial charge on any atom is -0.382 e. The number of anilines is 3. The summed E-state index contributed by atoms with van der Waals surface area (Å²) in [5, 5.41) is 13.3. The van der Waals surface area contributed by atoms with Crippen LogP contribution in [0.15, 0.2) is 24.5 Å². The second-order valence-corrected chi connectivity index (χ2v) is 10.3. The highest BCUT2D eigenvalue weighted by Gasteiger charge is 2.41. The largest absolute Gasteiger partial charge is 0.382 e. The van der Waals surface area contributed by atoms with Gasteiger partial charge in [-0.1, -0.05) is 23.2 Å². The number of likely N-dealkylation sites (tertiary alicyclic amines) is 1. The van der Waals surface area contributed by atoms with E-state index in [0.29, 0.717) is 21.8 Å². The van der Waals surface area contributed by atoms with E-state index in [2.05, 4.69) is 51.4 Å². The van der Waals surface area contributed by atoms with Crippen LogP contribution in [-0.2, 0) is 4.74 Å². The highest BCUT2D eigenvalue weighted by molar-refractivity contribution is 6.34. The maximum Gasteiger partial charge on any atom is 0.227 e. The molecule has 0 atom stereocenters. The van der Waals surface area contributed by atoms with Gasteiger partial charge in [0.05, 0.1) is 52.9 Å². The molecule has 0 amide bonds. The zero-order valence-corrected chi connectivity index (χ0v) is 20.6. The molecule has 0 saturated carbocycles. The van der Waals surface area contributed by atoms with Crippen molar-refractivity contribution in [2.75, 3.05) is 36.9 Å². The number of nitrogens with one attached hydrogen (secondary N) is 2. The third-order valence-corrected chi connectivity index (χ3v) is 7.18. The van der Waals surface area contributed by atoms with Gasteiger partial charge in [-0.2, -0.15) is 5.10 Å². The van der Waals surface area contributed by atoms with Crippen LogP contribution in [0.1, 0.15) is 39.7 Å². The Hall–Kier alpha value is -2.13. The first-order valence-corrected chi connectivity index (χ1v) is 12.1. The fourth-order valence-electron chi connectivity index (χ4n) is 4.57. The lowest BCUT2D eigenvalue weighted by atomic mass is 9.93. The molecule has 1 aromatic carbocycles. The van der Waals surface area contributed by atoms with Crippen LogP contribution < -0.4 is 10.6 Å². The molecule has 0 unspecified atom stereocenters. The van der Waals surface area contributed by atoms with Gasteiger partial charge < -0.3 is 15.4 Å². The van der Waals surface area contributed by atoms with Crippen molar-refractivity contribution in [1.29, 1.82) is 0 Å². The molecule has 0 aliphatic carbocycles. The van der Waals surface area contributed by atoms with E-state index >= 15 is 0 Å². The number of nitrogens with zero attached hydrogens (tertiary/aromatic N) is 5. The molecule has 2 aliphatic rings. The summed E-state index contributed by atoms with van der Waals surface area (Å²) in [6.45, 7) is 10.1. The summed E-state index contributed by atoms with van der Waals surface area (Å²) < 4.78 is 7.35. The summed E-state index contributed by atoms with van der Waals surface area (Å²) in [7, 11) is 0. The second kappa shape index (κ2) is 8.91. The van der Waals surface area contributed by atoms with Crippen molar-refractivity contribution in [3.63, 3.8) is 0 Å². The Morgan fingerprint density at radius 3 is 2.55 bits per heavy atom. The average molecular weight is 490 g/mol. The fourth-order valence-corrected chi connectivity index (χ4v) is 5.07. The molecule has 3 aromatic rings. The Morgan fingerprint density at radius 2 is 1.88 bits per heavy atom. The monoisotopic (exact) mass is 489 g/mol. The highest BCUT2D eigenvalue weighted by atomic mass is 35.5. The van der Waals surface area contributed by atoms with Gasteiger partial charge >= 0.3 is 0 Å². The molecule has 4 heterocycles. The predicted molar refractivity (Wildman–Crippen MR) is 133 cm³/mol. The van der Waals surface area contributed by atoms with E-state index in [4.69, 9.17) is 27.9 Å². The molecule has 10 heteroatoms. The first-order valence-electron chi connectivity index (χ1n) is 11.4. The number of fused-ring (bicyclic) bond motifs is 1. The molecule has 33 heavy (non-hydrogen) atoms. The number of benzene rings is 1. The van der Waals surface area contributed by atoms with Gasteiger partial charge in [0, 0.05) is 30.7 Å². The van der Waals surface area contributed by atoms with E-state index in [1.807, 2.05) is 16.8 Å². The van der Waals surface area contributed by atoms with Crippen LogP contribution in [0.4, 0.5) is 17.3 Å². The van der Waals surface area contributed by atoms with Crippen LogP contribution in [0, 0.1) is 0 Å². The van der Waals surface area contributed by atoms with Crippen molar-refractivity contribution in [2.24, 2.45) is 0 Å².